The molecule has 1 aromatic rings. The zero-order chi connectivity index (χ0) is 16.8. The Morgan fingerprint density at radius 1 is 1.35 bits per heavy atom. The Morgan fingerprint density at radius 2 is 2.04 bits per heavy atom. The van der Waals surface area contributed by atoms with Gasteiger partial charge >= 0.3 is 18.2 Å². The monoisotopic (exact) mass is 350 g/mol. The van der Waals surface area contributed by atoms with Crippen LogP contribution in [0.4, 0.5) is 23.1 Å². The zero-order valence-corrected chi connectivity index (χ0v) is 12.9. The summed E-state index contributed by atoms with van der Waals surface area (Å²) < 4.78 is 43.2. The highest BCUT2D eigenvalue weighted by Crippen LogP contribution is 2.37. The maximum atomic E-state index is 12.6. The summed E-state index contributed by atoms with van der Waals surface area (Å²) in [5, 5.41) is 5.09. The van der Waals surface area contributed by atoms with Gasteiger partial charge in [0.05, 0.1) is 12.5 Å². The van der Waals surface area contributed by atoms with Crippen LogP contribution in [0.5, 0.6) is 0 Å². The van der Waals surface area contributed by atoms with Gasteiger partial charge in [-0.2, -0.15) is 13.2 Å². The van der Waals surface area contributed by atoms with Crippen molar-refractivity contribution in [3.8, 4) is 0 Å². The fourth-order valence-electron chi connectivity index (χ4n) is 2.30. The quantitative estimate of drug-likeness (QED) is 0.781. The lowest BCUT2D eigenvalue weighted by Crippen LogP contribution is -2.39. The van der Waals surface area contributed by atoms with Gasteiger partial charge in [0.2, 0.25) is 16.4 Å². The summed E-state index contributed by atoms with van der Waals surface area (Å²) in [6, 6.07) is -0.582. The highest BCUT2D eigenvalue weighted by molar-refractivity contribution is 7.15. The fraction of sp³-hybridized carbons (Fsp3) is 0.667. The highest BCUT2D eigenvalue weighted by atomic mass is 32.1. The molecule has 1 aliphatic heterocycles. The van der Waals surface area contributed by atoms with Crippen molar-refractivity contribution in [3.63, 3.8) is 0 Å². The molecule has 7 nitrogen and oxygen atoms in total. The summed E-state index contributed by atoms with van der Waals surface area (Å²) >= 11 is 0.242. The molecular weight excluding hydrogens is 337 g/mol. The van der Waals surface area contributed by atoms with Gasteiger partial charge in [-0.25, -0.2) is 9.69 Å². The summed E-state index contributed by atoms with van der Waals surface area (Å²) in [5.74, 6) is -0.632. The summed E-state index contributed by atoms with van der Waals surface area (Å²) in [7, 11) is 1.47. The Balaban J connectivity index is 1.80. The molecule has 0 radical (unpaired) electrons. The number of anilines is 1. The van der Waals surface area contributed by atoms with Crippen LogP contribution in [0.25, 0.3) is 0 Å². The van der Waals surface area contributed by atoms with Crippen LogP contribution in [-0.4, -0.2) is 46.9 Å². The van der Waals surface area contributed by atoms with E-state index in [1.54, 1.807) is 0 Å². The Hall–Kier alpha value is -1.91. The summed E-state index contributed by atoms with van der Waals surface area (Å²) in [6.07, 6.45) is -3.23. The van der Waals surface area contributed by atoms with Crippen molar-refractivity contribution in [3.05, 3.63) is 5.01 Å². The van der Waals surface area contributed by atoms with Crippen LogP contribution in [-0.2, 0) is 15.7 Å². The number of rotatable bonds is 3. The molecule has 0 bridgehead atoms. The minimum Gasteiger partial charge on any atom is -0.439 e. The van der Waals surface area contributed by atoms with Gasteiger partial charge in [0, 0.05) is 7.05 Å². The van der Waals surface area contributed by atoms with E-state index in [1.807, 2.05) is 0 Å². The number of nitrogens with zero attached hydrogens (tertiary/aromatic N) is 4. The summed E-state index contributed by atoms with van der Waals surface area (Å²) in [4.78, 5) is 26.3. The maximum Gasteiger partial charge on any atom is 0.445 e. The second-order valence-corrected chi connectivity index (χ2v) is 6.40. The predicted octanol–water partition coefficient (Wildman–Crippen LogP) is 2.10. The standard InChI is InChI=1S/C12H13F3N4O3S/c1-18-5-7(22-8(20)6-3-2-4-6)19(11(18)21)10-17-16-9(23-10)12(13,14)15/h6-7H,2-5H2,1H3. The van der Waals surface area contributed by atoms with Crippen molar-refractivity contribution in [2.45, 2.75) is 31.7 Å². The molecule has 2 fully saturated rings. The van der Waals surface area contributed by atoms with Gasteiger partial charge < -0.3 is 9.64 Å². The fourth-order valence-corrected chi connectivity index (χ4v) is 3.04. The largest absolute Gasteiger partial charge is 0.445 e. The third kappa shape index (κ3) is 2.96. The number of likely N-dealkylation sites (N-methyl/N-ethyl adjacent to an activating group) is 1. The molecule has 23 heavy (non-hydrogen) atoms. The van der Waals surface area contributed by atoms with Crippen LogP contribution in [0.1, 0.15) is 24.3 Å². The average molecular weight is 350 g/mol. The Morgan fingerprint density at radius 3 is 2.57 bits per heavy atom. The van der Waals surface area contributed by atoms with Gasteiger partial charge in [-0.15, -0.1) is 10.2 Å². The van der Waals surface area contributed by atoms with Crippen LogP contribution in [0.3, 0.4) is 0 Å². The summed E-state index contributed by atoms with van der Waals surface area (Å²) in [6.45, 7) is 0.0677. The number of hydrogen-bond acceptors (Lipinski definition) is 6. The lowest BCUT2D eigenvalue weighted by Gasteiger charge is -2.26. The van der Waals surface area contributed by atoms with E-state index in [2.05, 4.69) is 10.2 Å². The van der Waals surface area contributed by atoms with E-state index >= 15 is 0 Å². The average Bonchev–Trinajstić information content (AvgIpc) is 2.93. The van der Waals surface area contributed by atoms with Crippen molar-refractivity contribution in [2.24, 2.45) is 5.92 Å². The second-order valence-electron chi connectivity index (χ2n) is 5.44. The van der Waals surface area contributed by atoms with Crippen LogP contribution in [0.2, 0.25) is 0 Å². The molecule has 126 valence electrons. The van der Waals surface area contributed by atoms with E-state index in [1.165, 1.54) is 11.9 Å². The molecule has 1 unspecified atom stereocenters. The number of amides is 2. The molecule has 11 heteroatoms. The predicted molar refractivity (Wildman–Crippen MR) is 72.6 cm³/mol. The molecular formula is C12H13F3N4O3S. The molecule has 0 N–H and O–H groups in total. The molecule has 2 heterocycles. The van der Waals surface area contributed by atoms with Gasteiger partial charge in [0.25, 0.3) is 0 Å². The molecule has 1 saturated heterocycles. The molecule has 2 aliphatic rings. The number of aromatic nitrogens is 2. The first-order chi connectivity index (χ1) is 10.8. The number of halogens is 3. The topological polar surface area (TPSA) is 75.6 Å². The van der Waals surface area contributed by atoms with Crippen LogP contribution >= 0.6 is 11.3 Å². The van der Waals surface area contributed by atoms with E-state index in [-0.39, 0.29) is 28.9 Å². The van der Waals surface area contributed by atoms with E-state index in [4.69, 9.17) is 4.74 Å². The molecule has 1 saturated carbocycles. The lowest BCUT2D eigenvalue weighted by atomic mass is 9.86. The van der Waals surface area contributed by atoms with E-state index in [9.17, 15) is 22.8 Å². The molecule has 0 aromatic carbocycles. The van der Waals surface area contributed by atoms with E-state index in [0.29, 0.717) is 0 Å². The van der Waals surface area contributed by atoms with Crippen LogP contribution < -0.4 is 4.90 Å². The number of alkyl halides is 3. The first-order valence-corrected chi connectivity index (χ1v) is 7.74. The van der Waals surface area contributed by atoms with Gasteiger partial charge in [0.15, 0.2) is 0 Å². The number of carbonyl (C=O) groups excluding carboxylic acids is 2. The number of esters is 1. The summed E-state index contributed by atoms with van der Waals surface area (Å²) in [5.41, 5.74) is 0. The lowest BCUT2D eigenvalue weighted by molar-refractivity contribution is -0.156. The van der Waals surface area contributed by atoms with Crippen molar-refractivity contribution in [1.29, 1.82) is 0 Å². The minimum atomic E-state index is -4.64. The van der Waals surface area contributed by atoms with Crippen molar-refractivity contribution < 1.29 is 27.5 Å². The Labute approximate surface area is 133 Å². The first kappa shape index (κ1) is 16.0. The number of ether oxygens (including phenoxy) is 1. The normalized spacial score (nSPS) is 22.4. The van der Waals surface area contributed by atoms with Crippen molar-refractivity contribution in [2.75, 3.05) is 18.5 Å². The Kier molecular flexibility index (Phi) is 3.90. The minimum absolute atomic E-state index is 0.0677. The number of urea groups is 1. The second kappa shape index (κ2) is 5.62. The van der Waals surface area contributed by atoms with Gasteiger partial charge in [-0.1, -0.05) is 17.8 Å². The smallest absolute Gasteiger partial charge is 0.439 e. The molecule has 1 atom stereocenters. The SMILES string of the molecule is CN1CC(OC(=O)C2CCC2)N(c2nnc(C(F)(F)F)s2)C1=O. The third-order valence-corrected chi connectivity index (χ3v) is 4.77. The number of carbonyl (C=O) groups is 2. The van der Waals surface area contributed by atoms with Gasteiger partial charge in [-0.3, -0.25) is 4.79 Å². The van der Waals surface area contributed by atoms with Crippen molar-refractivity contribution in [1.82, 2.24) is 15.1 Å². The zero-order valence-electron chi connectivity index (χ0n) is 12.0. The Bertz CT molecular complexity index is 631. The van der Waals surface area contributed by atoms with E-state index in [0.717, 1.165) is 24.2 Å². The number of hydrogen-bond donors (Lipinski definition) is 0. The molecule has 0 spiro atoms. The van der Waals surface area contributed by atoms with E-state index < -0.39 is 29.4 Å². The van der Waals surface area contributed by atoms with Crippen molar-refractivity contribution >= 4 is 28.5 Å². The van der Waals surface area contributed by atoms with Gasteiger partial charge in [-0.05, 0) is 12.8 Å². The third-order valence-electron chi connectivity index (χ3n) is 3.80. The molecule has 1 aliphatic carbocycles. The molecule has 3 rings (SSSR count). The van der Waals surface area contributed by atoms with Gasteiger partial charge in [0.1, 0.15) is 0 Å². The molecule has 2 amide bonds. The maximum absolute atomic E-state index is 12.6. The van der Waals surface area contributed by atoms with Crippen LogP contribution in [0.15, 0.2) is 0 Å². The first-order valence-electron chi connectivity index (χ1n) is 6.93. The van der Waals surface area contributed by atoms with Crippen LogP contribution in [0, 0.1) is 5.92 Å². The highest BCUT2D eigenvalue weighted by Gasteiger charge is 2.44. The molecule has 1 aromatic heterocycles.